The van der Waals surface area contributed by atoms with Crippen LogP contribution in [-0.2, 0) is 10.0 Å². The van der Waals surface area contributed by atoms with Crippen molar-refractivity contribution in [1.29, 1.82) is 0 Å². The molecule has 2 N–H and O–H groups in total. The molecule has 1 heterocycles. The third-order valence-corrected chi connectivity index (χ3v) is 3.33. The SMILES string of the molecule is CC(C)c1nc(S(N)(=O)=O)ccc1OC1CC1. The van der Waals surface area contributed by atoms with Crippen LogP contribution in [0.15, 0.2) is 17.2 Å². The fourth-order valence-electron chi connectivity index (χ4n) is 1.48. The van der Waals surface area contributed by atoms with Gasteiger partial charge in [0.05, 0.1) is 11.8 Å². The molecule has 0 bridgehead atoms. The molecule has 1 aromatic rings. The minimum Gasteiger partial charge on any atom is -0.489 e. The largest absolute Gasteiger partial charge is 0.489 e. The molecule has 2 rings (SSSR count). The maximum Gasteiger partial charge on any atom is 0.255 e. The molecular weight excluding hydrogens is 240 g/mol. The molecule has 0 amide bonds. The van der Waals surface area contributed by atoms with Crippen LogP contribution in [0.1, 0.15) is 38.3 Å². The van der Waals surface area contributed by atoms with Crippen molar-refractivity contribution < 1.29 is 13.2 Å². The molecule has 1 aliphatic rings. The predicted molar refractivity (Wildman–Crippen MR) is 63.3 cm³/mol. The van der Waals surface area contributed by atoms with Crippen molar-refractivity contribution in [3.05, 3.63) is 17.8 Å². The number of aromatic nitrogens is 1. The first-order valence-corrected chi connectivity index (χ1v) is 7.13. The van der Waals surface area contributed by atoms with Crippen molar-refractivity contribution >= 4 is 10.0 Å². The van der Waals surface area contributed by atoms with Gasteiger partial charge in [-0.15, -0.1) is 0 Å². The fourth-order valence-corrected chi connectivity index (χ4v) is 1.96. The summed E-state index contributed by atoms with van der Waals surface area (Å²) in [6.45, 7) is 3.88. The molecule has 0 unspecified atom stereocenters. The van der Waals surface area contributed by atoms with Gasteiger partial charge in [0.1, 0.15) is 5.75 Å². The van der Waals surface area contributed by atoms with E-state index < -0.39 is 10.0 Å². The highest BCUT2D eigenvalue weighted by Crippen LogP contribution is 2.32. The van der Waals surface area contributed by atoms with Crippen LogP contribution in [0.2, 0.25) is 0 Å². The van der Waals surface area contributed by atoms with Crippen molar-refractivity contribution in [2.75, 3.05) is 0 Å². The summed E-state index contributed by atoms with van der Waals surface area (Å²) in [7, 11) is -3.76. The highest BCUT2D eigenvalue weighted by Gasteiger charge is 2.26. The lowest BCUT2D eigenvalue weighted by atomic mass is 10.1. The van der Waals surface area contributed by atoms with E-state index in [0.29, 0.717) is 11.4 Å². The van der Waals surface area contributed by atoms with E-state index in [1.165, 1.54) is 6.07 Å². The zero-order valence-electron chi connectivity index (χ0n) is 9.88. The molecule has 1 aliphatic carbocycles. The molecule has 0 saturated heterocycles. The molecule has 0 aromatic carbocycles. The lowest BCUT2D eigenvalue weighted by molar-refractivity contribution is 0.296. The van der Waals surface area contributed by atoms with Gasteiger partial charge in [-0.1, -0.05) is 13.8 Å². The second kappa shape index (κ2) is 4.27. The Morgan fingerprint density at radius 2 is 2.06 bits per heavy atom. The second-order valence-electron chi connectivity index (χ2n) is 4.55. The number of nitrogens with two attached hydrogens (primary N) is 1. The van der Waals surface area contributed by atoms with E-state index in [2.05, 4.69) is 4.98 Å². The Bertz CT molecular complexity index is 522. The monoisotopic (exact) mass is 256 g/mol. The normalized spacial score (nSPS) is 16.2. The quantitative estimate of drug-likeness (QED) is 0.882. The smallest absolute Gasteiger partial charge is 0.255 e. The van der Waals surface area contributed by atoms with Gasteiger partial charge in [0.25, 0.3) is 10.0 Å². The van der Waals surface area contributed by atoms with Crippen LogP contribution in [0.4, 0.5) is 0 Å². The molecule has 5 nitrogen and oxygen atoms in total. The summed E-state index contributed by atoms with van der Waals surface area (Å²) in [6.07, 6.45) is 2.36. The number of pyridine rings is 1. The minimum absolute atomic E-state index is 0.0884. The van der Waals surface area contributed by atoms with Crippen LogP contribution in [0.5, 0.6) is 5.75 Å². The lowest BCUT2D eigenvalue weighted by Crippen LogP contribution is -2.15. The molecular formula is C11H16N2O3S. The molecule has 0 atom stereocenters. The first kappa shape index (κ1) is 12.3. The van der Waals surface area contributed by atoms with Crippen molar-refractivity contribution in [2.24, 2.45) is 5.14 Å². The molecule has 1 aromatic heterocycles. The second-order valence-corrected chi connectivity index (χ2v) is 6.06. The van der Waals surface area contributed by atoms with Gasteiger partial charge in [0, 0.05) is 0 Å². The van der Waals surface area contributed by atoms with Crippen LogP contribution in [-0.4, -0.2) is 19.5 Å². The Labute approximate surface area is 101 Å². The standard InChI is InChI=1S/C11H16N2O3S/c1-7(2)11-9(16-8-3-4-8)5-6-10(13-11)17(12,14)15/h5-8H,3-4H2,1-2H3,(H2,12,14,15). The van der Waals surface area contributed by atoms with Crippen LogP contribution in [0.25, 0.3) is 0 Å². The molecule has 0 radical (unpaired) electrons. The van der Waals surface area contributed by atoms with E-state index in [-0.39, 0.29) is 17.0 Å². The number of sulfonamides is 1. The zero-order chi connectivity index (χ0) is 12.6. The summed E-state index contributed by atoms with van der Waals surface area (Å²) in [4.78, 5) is 4.09. The van der Waals surface area contributed by atoms with Crippen molar-refractivity contribution in [2.45, 2.75) is 43.7 Å². The van der Waals surface area contributed by atoms with E-state index in [1.807, 2.05) is 13.8 Å². The zero-order valence-corrected chi connectivity index (χ0v) is 10.7. The molecule has 0 aliphatic heterocycles. The van der Waals surface area contributed by atoms with E-state index in [0.717, 1.165) is 12.8 Å². The summed E-state index contributed by atoms with van der Waals surface area (Å²) in [5, 5.41) is 4.95. The van der Waals surface area contributed by atoms with Crippen LogP contribution >= 0.6 is 0 Å². The van der Waals surface area contributed by atoms with E-state index in [1.54, 1.807) is 6.07 Å². The average molecular weight is 256 g/mol. The summed E-state index contributed by atoms with van der Waals surface area (Å²) in [6, 6.07) is 3.03. The third kappa shape index (κ3) is 2.95. The lowest BCUT2D eigenvalue weighted by Gasteiger charge is -2.13. The number of hydrogen-bond donors (Lipinski definition) is 1. The number of primary sulfonamides is 1. The van der Waals surface area contributed by atoms with E-state index in [4.69, 9.17) is 9.88 Å². The highest BCUT2D eigenvalue weighted by molar-refractivity contribution is 7.89. The molecule has 1 fully saturated rings. The Morgan fingerprint density at radius 1 is 1.41 bits per heavy atom. The van der Waals surface area contributed by atoms with Gasteiger partial charge in [0.15, 0.2) is 5.03 Å². The van der Waals surface area contributed by atoms with Crippen LogP contribution in [0, 0.1) is 0 Å². The van der Waals surface area contributed by atoms with E-state index >= 15 is 0 Å². The summed E-state index contributed by atoms with van der Waals surface area (Å²) < 4.78 is 28.1. The van der Waals surface area contributed by atoms with Gasteiger partial charge in [-0.25, -0.2) is 18.5 Å². The Morgan fingerprint density at radius 3 is 2.53 bits per heavy atom. The first-order valence-electron chi connectivity index (χ1n) is 5.58. The van der Waals surface area contributed by atoms with Gasteiger partial charge in [-0.2, -0.15) is 0 Å². The van der Waals surface area contributed by atoms with E-state index in [9.17, 15) is 8.42 Å². The highest BCUT2D eigenvalue weighted by atomic mass is 32.2. The maximum absolute atomic E-state index is 11.2. The average Bonchev–Trinajstić information content (AvgIpc) is 3.00. The van der Waals surface area contributed by atoms with Gasteiger partial charge in [-0.3, -0.25) is 0 Å². The Hall–Kier alpha value is -1.14. The third-order valence-electron chi connectivity index (χ3n) is 2.52. The number of nitrogens with zero attached hydrogens (tertiary/aromatic N) is 1. The molecule has 1 saturated carbocycles. The summed E-state index contributed by atoms with van der Waals surface area (Å²) in [5.41, 5.74) is 0.642. The van der Waals surface area contributed by atoms with Gasteiger partial charge >= 0.3 is 0 Å². The maximum atomic E-state index is 11.2. The minimum atomic E-state index is -3.76. The van der Waals surface area contributed by atoms with Crippen LogP contribution < -0.4 is 9.88 Å². The first-order chi connectivity index (χ1) is 7.88. The van der Waals surface area contributed by atoms with Gasteiger partial charge < -0.3 is 4.74 Å². The molecule has 0 spiro atoms. The molecule has 94 valence electrons. The van der Waals surface area contributed by atoms with Crippen LogP contribution in [0.3, 0.4) is 0 Å². The number of rotatable bonds is 4. The number of ether oxygens (including phenoxy) is 1. The number of hydrogen-bond acceptors (Lipinski definition) is 4. The topological polar surface area (TPSA) is 82.3 Å². The Kier molecular flexibility index (Phi) is 3.09. The van der Waals surface area contributed by atoms with Crippen molar-refractivity contribution in [1.82, 2.24) is 4.98 Å². The van der Waals surface area contributed by atoms with Crippen molar-refractivity contribution in [3.63, 3.8) is 0 Å². The van der Waals surface area contributed by atoms with Gasteiger partial charge in [0.2, 0.25) is 0 Å². The summed E-state index contributed by atoms with van der Waals surface area (Å²) >= 11 is 0. The summed E-state index contributed by atoms with van der Waals surface area (Å²) in [5.74, 6) is 0.750. The molecule has 17 heavy (non-hydrogen) atoms. The predicted octanol–water partition coefficient (Wildman–Crippen LogP) is 1.39. The van der Waals surface area contributed by atoms with Crippen molar-refractivity contribution in [3.8, 4) is 5.75 Å². The van der Waals surface area contributed by atoms with Gasteiger partial charge in [-0.05, 0) is 30.9 Å². The fraction of sp³-hybridized carbons (Fsp3) is 0.545. The Balaban J connectivity index is 2.40. The molecule has 6 heteroatoms.